The van der Waals surface area contributed by atoms with Crippen molar-refractivity contribution in [2.75, 3.05) is 32.8 Å². The molecule has 0 unspecified atom stereocenters. The molecule has 0 bridgehead atoms. The van der Waals surface area contributed by atoms with Crippen molar-refractivity contribution in [2.45, 2.75) is 32.9 Å². The van der Waals surface area contributed by atoms with Crippen LogP contribution in [-0.2, 0) is 11.3 Å². The second kappa shape index (κ2) is 7.24. The summed E-state index contributed by atoms with van der Waals surface area (Å²) in [5.74, 6) is 0. The number of aryl methyl sites for hydroxylation is 1. The summed E-state index contributed by atoms with van der Waals surface area (Å²) in [6, 6.07) is 1.96. The molecule has 1 saturated heterocycles. The summed E-state index contributed by atoms with van der Waals surface area (Å²) in [6.45, 7) is 11.0. The van der Waals surface area contributed by atoms with Crippen LogP contribution in [0.4, 0.5) is 4.79 Å². The Morgan fingerprint density at radius 3 is 2.71 bits per heavy atom. The van der Waals surface area contributed by atoms with Crippen molar-refractivity contribution in [1.29, 1.82) is 0 Å². The molecule has 0 atom stereocenters. The molecule has 1 aromatic heterocycles. The van der Waals surface area contributed by atoms with E-state index in [2.05, 4.69) is 42.4 Å². The summed E-state index contributed by atoms with van der Waals surface area (Å²) in [6.07, 6.45) is 0. The van der Waals surface area contributed by atoms with E-state index in [1.807, 2.05) is 5.38 Å². The first-order valence-corrected chi connectivity index (χ1v) is 8.24. The van der Waals surface area contributed by atoms with Crippen molar-refractivity contribution >= 4 is 17.4 Å². The summed E-state index contributed by atoms with van der Waals surface area (Å²) < 4.78 is 5.37. The molecule has 21 heavy (non-hydrogen) atoms. The first-order chi connectivity index (χ1) is 9.99. The van der Waals surface area contributed by atoms with Crippen LogP contribution in [0.2, 0.25) is 0 Å². The van der Waals surface area contributed by atoms with Gasteiger partial charge in [0.25, 0.3) is 0 Å². The van der Waals surface area contributed by atoms with E-state index in [1.165, 1.54) is 10.4 Å². The van der Waals surface area contributed by atoms with Crippen LogP contribution in [0.15, 0.2) is 11.4 Å². The highest BCUT2D eigenvalue weighted by molar-refractivity contribution is 7.10. The standard InChI is InChI=1S/C15H25N3O2S/c1-12-4-9-21-13(12)10-16-14(19)17-11-15(2,3)18-5-7-20-8-6-18/h4,9H,5-8,10-11H2,1-3H3,(H2,16,17,19). The zero-order valence-electron chi connectivity index (χ0n) is 13.1. The van der Waals surface area contributed by atoms with E-state index in [1.54, 1.807) is 11.3 Å². The van der Waals surface area contributed by atoms with Crippen molar-refractivity contribution < 1.29 is 9.53 Å². The van der Waals surface area contributed by atoms with Crippen LogP contribution >= 0.6 is 11.3 Å². The van der Waals surface area contributed by atoms with Gasteiger partial charge >= 0.3 is 6.03 Å². The first kappa shape index (κ1) is 16.3. The third-order valence-corrected chi connectivity index (χ3v) is 4.95. The number of rotatable bonds is 5. The molecule has 0 radical (unpaired) electrons. The summed E-state index contributed by atoms with van der Waals surface area (Å²) in [5.41, 5.74) is 1.17. The third-order valence-electron chi connectivity index (χ3n) is 3.93. The Morgan fingerprint density at radius 1 is 1.38 bits per heavy atom. The fraction of sp³-hybridized carbons (Fsp3) is 0.667. The molecule has 2 heterocycles. The number of thiophene rings is 1. The van der Waals surface area contributed by atoms with E-state index in [0.29, 0.717) is 13.1 Å². The molecular weight excluding hydrogens is 286 g/mol. The lowest BCUT2D eigenvalue weighted by Gasteiger charge is -2.40. The van der Waals surface area contributed by atoms with Crippen molar-refractivity contribution in [3.8, 4) is 0 Å². The smallest absolute Gasteiger partial charge is 0.315 e. The van der Waals surface area contributed by atoms with Crippen LogP contribution in [0.25, 0.3) is 0 Å². The molecule has 0 aromatic carbocycles. The van der Waals surface area contributed by atoms with Crippen molar-refractivity contribution in [1.82, 2.24) is 15.5 Å². The maximum atomic E-state index is 11.9. The largest absolute Gasteiger partial charge is 0.379 e. The number of ether oxygens (including phenoxy) is 1. The highest BCUT2D eigenvalue weighted by Crippen LogP contribution is 2.16. The number of amides is 2. The normalized spacial score (nSPS) is 16.7. The molecule has 1 aliphatic rings. The molecule has 118 valence electrons. The van der Waals surface area contributed by atoms with Gasteiger partial charge in [-0.3, -0.25) is 4.90 Å². The van der Waals surface area contributed by atoms with Crippen LogP contribution in [-0.4, -0.2) is 49.3 Å². The molecule has 2 N–H and O–H groups in total. The number of nitrogens with zero attached hydrogens (tertiary/aromatic N) is 1. The Morgan fingerprint density at radius 2 is 2.10 bits per heavy atom. The molecule has 1 aromatic rings. The predicted octanol–water partition coefficient (Wildman–Crippen LogP) is 1.97. The Hall–Kier alpha value is -1.11. The van der Waals surface area contributed by atoms with E-state index in [-0.39, 0.29) is 11.6 Å². The minimum Gasteiger partial charge on any atom is -0.379 e. The Bertz CT molecular complexity index is 467. The van der Waals surface area contributed by atoms with Crippen LogP contribution in [0.5, 0.6) is 0 Å². The third kappa shape index (κ3) is 4.69. The molecule has 2 rings (SSSR count). The quantitative estimate of drug-likeness (QED) is 0.874. The second-order valence-electron chi connectivity index (χ2n) is 5.97. The van der Waals surface area contributed by atoms with Gasteiger partial charge in [-0.1, -0.05) is 0 Å². The molecule has 1 fully saturated rings. The zero-order valence-corrected chi connectivity index (χ0v) is 13.9. The lowest BCUT2D eigenvalue weighted by atomic mass is 10.0. The van der Waals surface area contributed by atoms with Crippen LogP contribution < -0.4 is 10.6 Å². The van der Waals surface area contributed by atoms with Crippen molar-refractivity contribution in [3.63, 3.8) is 0 Å². The van der Waals surface area contributed by atoms with E-state index >= 15 is 0 Å². The number of hydrogen-bond donors (Lipinski definition) is 2. The number of urea groups is 1. The van der Waals surface area contributed by atoms with Gasteiger partial charge in [-0.15, -0.1) is 11.3 Å². The predicted molar refractivity (Wildman–Crippen MR) is 85.8 cm³/mol. The molecule has 6 heteroatoms. The van der Waals surface area contributed by atoms with Gasteiger partial charge in [0.1, 0.15) is 0 Å². The summed E-state index contributed by atoms with van der Waals surface area (Å²) >= 11 is 1.67. The first-order valence-electron chi connectivity index (χ1n) is 7.36. The highest BCUT2D eigenvalue weighted by atomic mass is 32.1. The Kier molecular flexibility index (Phi) is 5.61. The lowest BCUT2D eigenvalue weighted by Crippen LogP contribution is -2.56. The van der Waals surface area contributed by atoms with Gasteiger partial charge in [-0.2, -0.15) is 0 Å². The molecule has 2 amide bonds. The lowest BCUT2D eigenvalue weighted by molar-refractivity contribution is -0.00874. The Labute approximate surface area is 130 Å². The SMILES string of the molecule is Cc1ccsc1CNC(=O)NCC(C)(C)N1CCOCC1. The summed E-state index contributed by atoms with van der Waals surface area (Å²) in [5, 5.41) is 7.94. The molecule has 0 saturated carbocycles. The number of hydrogen-bond acceptors (Lipinski definition) is 4. The fourth-order valence-corrected chi connectivity index (χ4v) is 3.23. The number of carbonyl (C=O) groups excluding carboxylic acids is 1. The van der Waals surface area contributed by atoms with Crippen molar-refractivity contribution in [3.05, 3.63) is 21.9 Å². The summed E-state index contributed by atoms with van der Waals surface area (Å²) in [7, 11) is 0. The minimum atomic E-state index is -0.107. The molecule has 5 nitrogen and oxygen atoms in total. The number of nitrogens with one attached hydrogen (secondary N) is 2. The van der Waals surface area contributed by atoms with E-state index in [9.17, 15) is 4.79 Å². The maximum absolute atomic E-state index is 11.9. The molecule has 0 aliphatic carbocycles. The van der Waals surface area contributed by atoms with E-state index in [0.717, 1.165) is 26.3 Å². The van der Waals surface area contributed by atoms with Gasteiger partial charge in [-0.05, 0) is 37.8 Å². The van der Waals surface area contributed by atoms with Crippen LogP contribution in [0.3, 0.4) is 0 Å². The van der Waals surface area contributed by atoms with E-state index < -0.39 is 0 Å². The molecular formula is C15H25N3O2S. The maximum Gasteiger partial charge on any atom is 0.315 e. The van der Waals surface area contributed by atoms with Gasteiger partial charge in [0, 0.05) is 30.1 Å². The van der Waals surface area contributed by atoms with Gasteiger partial charge < -0.3 is 15.4 Å². The van der Waals surface area contributed by atoms with Gasteiger partial charge in [-0.25, -0.2) is 4.79 Å². The molecule has 1 aliphatic heterocycles. The fourth-order valence-electron chi connectivity index (χ4n) is 2.39. The second-order valence-corrected chi connectivity index (χ2v) is 6.98. The minimum absolute atomic E-state index is 0.0556. The van der Waals surface area contributed by atoms with Crippen LogP contribution in [0, 0.1) is 6.92 Å². The van der Waals surface area contributed by atoms with Gasteiger partial charge in [0.15, 0.2) is 0 Å². The average Bonchev–Trinajstić information content (AvgIpc) is 2.89. The topological polar surface area (TPSA) is 53.6 Å². The summed E-state index contributed by atoms with van der Waals surface area (Å²) in [4.78, 5) is 15.5. The van der Waals surface area contributed by atoms with Crippen molar-refractivity contribution in [2.24, 2.45) is 0 Å². The number of carbonyl (C=O) groups is 1. The van der Waals surface area contributed by atoms with Crippen LogP contribution in [0.1, 0.15) is 24.3 Å². The highest BCUT2D eigenvalue weighted by Gasteiger charge is 2.28. The zero-order chi connectivity index (χ0) is 15.3. The van der Waals surface area contributed by atoms with E-state index in [4.69, 9.17) is 4.74 Å². The monoisotopic (exact) mass is 311 g/mol. The Balaban J connectivity index is 1.73. The average molecular weight is 311 g/mol. The van der Waals surface area contributed by atoms with Gasteiger partial charge in [0.2, 0.25) is 0 Å². The molecule has 0 spiro atoms. The van der Waals surface area contributed by atoms with Gasteiger partial charge in [0.05, 0.1) is 19.8 Å². The number of morpholine rings is 1.